The van der Waals surface area contributed by atoms with Crippen LogP contribution in [0, 0.1) is 18.6 Å². The molecule has 27 heavy (non-hydrogen) atoms. The fraction of sp³-hybridized carbons (Fsp3) is 0.333. The molecular formula is C21H23F2N3O. The molecule has 1 aromatic heterocycles. The van der Waals surface area contributed by atoms with Crippen molar-refractivity contribution >= 4 is 0 Å². The smallest absolute Gasteiger partial charge is 0.227 e. The summed E-state index contributed by atoms with van der Waals surface area (Å²) in [6.45, 7) is 6.20. The minimum atomic E-state index is -0.283. The summed E-state index contributed by atoms with van der Waals surface area (Å²) in [7, 11) is 0. The topological polar surface area (TPSA) is 42.2 Å². The van der Waals surface area contributed by atoms with Crippen LogP contribution in [0.15, 0.2) is 47.0 Å². The van der Waals surface area contributed by atoms with Gasteiger partial charge in [0.05, 0.1) is 0 Å². The van der Waals surface area contributed by atoms with Crippen LogP contribution in [0.5, 0.6) is 0 Å². The van der Waals surface area contributed by atoms with E-state index in [9.17, 15) is 8.78 Å². The molecule has 0 bridgehead atoms. The lowest BCUT2D eigenvalue weighted by Crippen LogP contribution is -2.24. The highest BCUT2D eigenvalue weighted by atomic mass is 19.1. The van der Waals surface area contributed by atoms with Crippen LogP contribution in [0.3, 0.4) is 0 Å². The summed E-state index contributed by atoms with van der Waals surface area (Å²) in [6.07, 6.45) is 1.48. The number of hydrogen-bond acceptors (Lipinski definition) is 4. The molecule has 2 aromatic carbocycles. The monoisotopic (exact) mass is 371 g/mol. The van der Waals surface area contributed by atoms with E-state index in [1.54, 1.807) is 31.2 Å². The molecule has 0 atom stereocenters. The van der Waals surface area contributed by atoms with Gasteiger partial charge < -0.3 is 4.52 Å². The Bertz CT molecular complexity index is 895. The number of aromatic nitrogens is 2. The minimum Gasteiger partial charge on any atom is -0.339 e. The Morgan fingerprint density at radius 3 is 2.70 bits per heavy atom. The van der Waals surface area contributed by atoms with Gasteiger partial charge in [-0.1, -0.05) is 36.3 Å². The van der Waals surface area contributed by atoms with Gasteiger partial charge in [-0.2, -0.15) is 4.98 Å². The number of nitrogens with zero attached hydrogens (tertiary/aromatic N) is 3. The van der Waals surface area contributed by atoms with E-state index in [1.807, 2.05) is 6.07 Å². The second-order valence-electron chi connectivity index (χ2n) is 6.58. The maximum atomic E-state index is 13.7. The summed E-state index contributed by atoms with van der Waals surface area (Å²) < 4.78 is 32.3. The zero-order valence-corrected chi connectivity index (χ0v) is 15.6. The third-order valence-corrected chi connectivity index (χ3v) is 4.51. The van der Waals surface area contributed by atoms with E-state index in [0.29, 0.717) is 35.8 Å². The predicted octanol–water partition coefficient (Wildman–Crippen LogP) is 4.78. The van der Waals surface area contributed by atoms with Gasteiger partial charge >= 0.3 is 0 Å². The molecule has 3 rings (SSSR count). The largest absolute Gasteiger partial charge is 0.339 e. The Hall–Kier alpha value is -2.60. The first-order valence-electron chi connectivity index (χ1n) is 9.11. The minimum absolute atomic E-state index is 0.213. The molecule has 0 aliphatic rings. The van der Waals surface area contributed by atoms with Crippen LogP contribution in [0.4, 0.5) is 8.78 Å². The van der Waals surface area contributed by atoms with Crippen molar-refractivity contribution in [1.29, 1.82) is 0 Å². The zero-order valence-electron chi connectivity index (χ0n) is 15.6. The molecule has 0 amide bonds. The van der Waals surface area contributed by atoms with Crippen LogP contribution in [0.25, 0.3) is 11.4 Å². The van der Waals surface area contributed by atoms with E-state index in [0.717, 1.165) is 25.1 Å². The van der Waals surface area contributed by atoms with Crippen molar-refractivity contribution in [2.75, 3.05) is 13.1 Å². The van der Waals surface area contributed by atoms with Gasteiger partial charge in [-0.05, 0) is 55.8 Å². The molecular weight excluding hydrogens is 348 g/mol. The summed E-state index contributed by atoms with van der Waals surface area (Å²) in [4.78, 5) is 6.59. The first kappa shape index (κ1) is 19.2. The summed E-state index contributed by atoms with van der Waals surface area (Å²) in [5.41, 5.74) is 2.15. The van der Waals surface area contributed by atoms with E-state index >= 15 is 0 Å². The highest BCUT2D eigenvalue weighted by Crippen LogP contribution is 2.19. The highest BCUT2D eigenvalue weighted by molar-refractivity contribution is 5.54. The van der Waals surface area contributed by atoms with Crippen molar-refractivity contribution in [3.8, 4) is 11.4 Å². The van der Waals surface area contributed by atoms with E-state index in [4.69, 9.17) is 4.52 Å². The van der Waals surface area contributed by atoms with Gasteiger partial charge in [0, 0.05) is 18.5 Å². The lowest BCUT2D eigenvalue weighted by atomic mass is 10.1. The summed E-state index contributed by atoms with van der Waals surface area (Å²) in [5, 5.41) is 3.94. The van der Waals surface area contributed by atoms with Gasteiger partial charge in [0.25, 0.3) is 0 Å². The number of benzene rings is 2. The third-order valence-electron chi connectivity index (χ3n) is 4.51. The van der Waals surface area contributed by atoms with Gasteiger partial charge in [-0.3, -0.25) is 4.90 Å². The van der Waals surface area contributed by atoms with Crippen molar-refractivity contribution < 1.29 is 13.3 Å². The number of halogens is 2. The van der Waals surface area contributed by atoms with E-state index < -0.39 is 0 Å². The average Bonchev–Trinajstić information content (AvgIpc) is 3.12. The van der Waals surface area contributed by atoms with Crippen LogP contribution in [0.1, 0.15) is 30.4 Å². The van der Waals surface area contributed by atoms with Gasteiger partial charge in [0.1, 0.15) is 11.6 Å². The van der Waals surface area contributed by atoms with Crippen LogP contribution in [-0.2, 0) is 13.0 Å². The van der Waals surface area contributed by atoms with Crippen molar-refractivity contribution in [2.45, 2.75) is 33.2 Å². The molecule has 0 unspecified atom stereocenters. The van der Waals surface area contributed by atoms with Gasteiger partial charge in [0.15, 0.2) is 0 Å². The second kappa shape index (κ2) is 8.86. The standard InChI is InChI=1S/C21H23F2N3O/c1-3-26(14-16-6-4-7-18(22)12-16)11-5-8-20-24-21(25-27-20)17-10-9-15(2)19(23)13-17/h4,6-7,9-10,12-13H,3,5,8,11,14H2,1-2H3. The fourth-order valence-corrected chi connectivity index (χ4v) is 2.90. The van der Waals surface area contributed by atoms with Gasteiger partial charge in [-0.15, -0.1) is 0 Å². The van der Waals surface area contributed by atoms with Gasteiger partial charge in [-0.25, -0.2) is 8.78 Å². The van der Waals surface area contributed by atoms with Crippen molar-refractivity contribution in [3.63, 3.8) is 0 Å². The summed E-state index contributed by atoms with van der Waals surface area (Å²) in [6, 6.07) is 11.6. The van der Waals surface area contributed by atoms with E-state index in [1.165, 1.54) is 12.1 Å². The molecule has 0 N–H and O–H groups in total. The molecule has 0 radical (unpaired) electrons. The molecule has 4 nitrogen and oxygen atoms in total. The first-order valence-corrected chi connectivity index (χ1v) is 9.11. The molecule has 0 fully saturated rings. The molecule has 0 aliphatic carbocycles. The molecule has 0 saturated heterocycles. The van der Waals surface area contributed by atoms with Crippen LogP contribution in [0.2, 0.25) is 0 Å². The molecule has 0 aliphatic heterocycles. The number of aryl methyl sites for hydroxylation is 2. The quantitative estimate of drug-likeness (QED) is 0.572. The zero-order chi connectivity index (χ0) is 19.2. The summed E-state index contributed by atoms with van der Waals surface area (Å²) in [5.74, 6) is 0.438. The Morgan fingerprint density at radius 2 is 1.96 bits per heavy atom. The SMILES string of the molecule is CCN(CCCc1nc(-c2ccc(C)c(F)c2)no1)Cc1cccc(F)c1. The first-order chi connectivity index (χ1) is 13.0. The Morgan fingerprint density at radius 1 is 1.11 bits per heavy atom. The Kier molecular flexibility index (Phi) is 6.29. The maximum absolute atomic E-state index is 13.7. The number of rotatable bonds is 8. The van der Waals surface area contributed by atoms with Crippen LogP contribution >= 0.6 is 0 Å². The molecule has 6 heteroatoms. The predicted molar refractivity (Wildman–Crippen MR) is 100 cm³/mol. The lowest BCUT2D eigenvalue weighted by molar-refractivity contribution is 0.270. The Balaban J connectivity index is 1.54. The molecule has 3 aromatic rings. The van der Waals surface area contributed by atoms with Crippen molar-refractivity contribution in [2.24, 2.45) is 0 Å². The number of hydrogen-bond donors (Lipinski definition) is 0. The second-order valence-corrected chi connectivity index (χ2v) is 6.58. The fourth-order valence-electron chi connectivity index (χ4n) is 2.90. The maximum Gasteiger partial charge on any atom is 0.227 e. The average molecular weight is 371 g/mol. The molecule has 142 valence electrons. The summed E-state index contributed by atoms with van der Waals surface area (Å²) >= 11 is 0. The molecule has 0 saturated carbocycles. The van der Waals surface area contributed by atoms with Gasteiger partial charge in [0.2, 0.25) is 11.7 Å². The van der Waals surface area contributed by atoms with Crippen molar-refractivity contribution in [3.05, 3.63) is 71.1 Å². The molecule has 0 spiro atoms. The van der Waals surface area contributed by atoms with E-state index in [2.05, 4.69) is 22.0 Å². The third kappa shape index (κ3) is 5.20. The van der Waals surface area contributed by atoms with Crippen molar-refractivity contribution in [1.82, 2.24) is 15.0 Å². The van der Waals surface area contributed by atoms with E-state index in [-0.39, 0.29) is 11.6 Å². The highest BCUT2D eigenvalue weighted by Gasteiger charge is 2.11. The Labute approximate surface area is 157 Å². The van der Waals surface area contributed by atoms with Crippen LogP contribution in [-0.4, -0.2) is 28.1 Å². The lowest BCUT2D eigenvalue weighted by Gasteiger charge is -2.20. The van der Waals surface area contributed by atoms with Crippen LogP contribution < -0.4 is 0 Å². The molecule has 1 heterocycles. The normalized spacial score (nSPS) is 11.3.